The fourth-order valence-corrected chi connectivity index (χ4v) is 1.35. The Morgan fingerprint density at radius 3 is 2.75 bits per heavy atom. The van der Waals surface area contributed by atoms with Gasteiger partial charge in [0.25, 0.3) is 5.91 Å². The first-order valence-corrected chi connectivity index (χ1v) is 6.23. The minimum atomic E-state index is -0.787. The number of ether oxygens (including phenoxy) is 3. The van der Waals surface area contributed by atoms with E-state index in [1.165, 1.54) is 6.92 Å². The maximum atomic E-state index is 11.5. The number of hydrogen-bond acceptors (Lipinski definition) is 6. The summed E-state index contributed by atoms with van der Waals surface area (Å²) in [6, 6.07) is -0.699. The lowest BCUT2D eigenvalue weighted by Gasteiger charge is -2.15. The largest absolute Gasteiger partial charge is 0.493 e. The molecule has 0 bridgehead atoms. The molecule has 0 fully saturated rings. The first kappa shape index (κ1) is 15.8. The molecule has 2 N–H and O–H groups in total. The molecule has 20 heavy (non-hydrogen) atoms. The lowest BCUT2D eigenvalue weighted by atomic mass is 10.3. The monoisotopic (exact) mass is 286 g/mol. The average molecular weight is 286 g/mol. The van der Waals surface area contributed by atoms with Gasteiger partial charge in [-0.1, -0.05) is 0 Å². The molecule has 112 valence electrons. The average Bonchev–Trinajstić information content (AvgIpc) is 2.45. The molecule has 2 amide bonds. The molecular formula is C12H18N2O6. The summed E-state index contributed by atoms with van der Waals surface area (Å²) >= 11 is 0. The molecule has 1 rings (SSSR count). The van der Waals surface area contributed by atoms with E-state index in [-0.39, 0.29) is 18.3 Å². The summed E-state index contributed by atoms with van der Waals surface area (Å²) in [4.78, 5) is 34.3. The van der Waals surface area contributed by atoms with Crippen molar-refractivity contribution in [1.82, 2.24) is 10.6 Å². The number of rotatable bonds is 6. The third-order valence-electron chi connectivity index (χ3n) is 2.31. The van der Waals surface area contributed by atoms with E-state index in [1.807, 2.05) is 0 Å². The second-order valence-electron chi connectivity index (χ2n) is 3.96. The normalized spacial score (nSPS) is 15.0. The molecular weight excluding hydrogens is 268 g/mol. The predicted molar refractivity (Wildman–Crippen MR) is 67.2 cm³/mol. The van der Waals surface area contributed by atoms with Crippen molar-refractivity contribution in [3.05, 3.63) is 12.0 Å². The van der Waals surface area contributed by atoms with Gasteiger partial charge in [0.1, 0.15) is 25.5 Å². The van der Waals surface area contributed by atoms with Crippen molar-refractivity contribution < 1.29 is 28.6 Å². The van der Waals surface area contributed by atoms with Gasteiger partial charge in [-0.25, -0.2) is 4.79 Å². The van der Waals surface area contributed by atoms with Gasteiger partial charge in [0.2, 0.25) is 11.7 Å². The summed E-state index contributed by atoms with van der Waals surface area (Å²) in [5, 5.41) is 4.96. The molecule has 0 aromatic rings. The summed E-state index contributed by atoms with van der Waals surface area (Å²) < 4.78 is 14.6. The van der Waals surface area contributed by atoms with E-state index in [0.29, 0.717) is 13.2 Å². The van der Waals surface area contributed by atoms with E-state index in [2.05, 4.69) is 10.6 Å². The predicted octanol–water partition coefficient (Wildman–Crippen LogP) is -0.941. The summed E-state index contributed by atoms with van der Waals surface area (Å²) in [6.45, 7) is 3.89. The highest BCUT2D eigenvalue weighted by molar-refractivity contribution is 5.90. The summed E-state index contributed by atoms with van der Waals surface area (Å²) in [5.74, 6) is -1.75. The van der Waals surface area contributed by atoms with Gasteiger partial charge in [0.15, 0.2) is 6.61 Å². The van der Waals surface area contributed by atoms with E-state index < -0.39 is 24.5 Å². The minimum absolute atomic E-state index is 0.0826. The van der Waals surface area contributed by atoms with Crippen LogP contribution in [-0.2, 0) is 28.6 Å². The molecule has 0 saturated heterocycles. The fourth-order valence-electron chi connectivity index (χ4n) is 1.35. The van der Waals surface area contributed by atoms with Crippen molar-refractivity contribution in [2.75, 3.05) is 26.4 Å². The third kappa shape index (κ3) is 5.17. The lowest BCUT2D eigenvalue weighted by Crippen LogP contribution is -2.46. The van der Waals surface area contributed by atoms with Gasteiger partial charge in [-0.05, 0) is 13.8 Å². The van der Waals surface area contributed by atoms with Crippen LogP contribution < -0.4 is 10.6 Å². The number of hydrogen-bond donors (Lipinski definition) is 2. The van der Waals surface area contributed by atoms with Crippen LogP contribution in [0.4, 0.5) is 0 Å². The maximum Gasteiger partial charge on any atom is 0.377 e. The molecule has 0 aromatic heterocycles. The Morgan fingerprint density at radius 2 is 2.15 bits per heavy atom. The van der Waals surface area contributed by atoms with Crippen molar-refractivity contribution in [1.29, 1.82) is 0 Å². The third-order valence-corrected chi connectivity index (χ3v) is 2.31. The van der Waals surface area contributed by atoms with Crippen LogP contribution in [0.5, 0.6) is 0 Å². The summed E-state index contributed by atoms with van der Waals surface area (Å²) in [6.07, 6.45) is 1.14. The molecule has 8 nitrogen and oxygen atoms in total. The zero-order valence-electron chi connectivity index (χ0n) is 11.4. The van der Waals surface area contributed by atoms with E-state index in [0.717, 1.165) is 6.26 Å². The highest BCUT2D eigenvalue weighted by Gasteiger charge is 2.19. The number of likely N-dealkylation sites (N-methyl/N-ethyl adjacent to an activating group) is 1. The van der Waals surface area contributed by atoms with Crippen LogP contribution in [-0.4, -0.2) is 50.2 Å². The quantitative estimate of drug-likeness (QED) is 0.611. The Balaban J connectivity index is 2.30. The van der Waals surface area contributed by atoms with Gasteiger partial charge >= 0.3 is 5.97 Å². The number of esters is 1. The van der Waals surface area contributed by atoms with Gasteiger partial charge < -0.3 is 24.8 Å². The zero-order valence-corrected chi connectivity index (χ0v) is 11.4. The standard InChI is InChI=1S/C12H18N2O6/c1-3-13-11(16)8(2)14-10(15)7-20-12(17)9-6-18-4-5-19-9/h6,8H,3-5,7H2,1-2H3,(H,13,16)(H,14,15)/t8-/m1/s1. The molecule has 0 aromatic carbocycles. The van der Waals surface area contributed by atoms with Gasteiger partial charge in [-0.2, -0.15) is 0 Å². The zero-order chi connectivity index (χ0) is 15.0. The second kappa shape index (κ2) is 8.03. The molecule has 0 saturated carbocycles. The van der Waals surface area contributed by atoms with Crippen molar-refractivity contribution in [2.24, 2.45) is 0 Å². The SMILES string of the molecule is CCNC(=O)[C@@H](C)NC(=O)COC(=O)C1=COCCO1. The Hall–Kier alpha value is -2.25. The van der Waals surface area contributed by atoms with Crippen molar-refractivity contribution in [3.8, 4) is 0 Å². The first-order chi connectivity index (χ1) is 9.54. The van der Waals surface area contributed by atoms with Gasteiger partial charge in [-0.15, -0.1) is 0 Å². The van der Waals surface area contributed by atoms with Crippen molar-refractivity contribution in [2.45, 2.75) is 19.9 Å². The highest BCUT2D eigenvalue weighted by atomic mass is 16.6. The molecule has 1 aliphatic rings. The Morgan fingerprint density at radius 1 is 1.40 bits per heavy atom. The van der Waals surface area contributed by atoms with E-state index in [1.54, 1.807) is 6.92 Å². The number of carbonyl (C=O) groups excluding carboxylic acids is 3. The van der Waals surface area contributed by atoms with Gasteiger partial charge in [-0.3, -0.25) is 9.59 Å². The van der Waals surface area contributed by atoms with Crippen LogP contribution in [0.3, 0.4) is 0 Å². The fraction of sp³-hybridized carbons (Fsp3) is 0.583. The highest BCUT2D eigenvalue weighted by Crippen LogP contribution is 2.05. The van der Waals surface area contributed by atoms with Crippen LogP contribution >= 0.6 is 0 Å². The Labute approximate surface area is 116 Å². The first-order valence-electron chi connectivity index (χ1n) is 6.23. The van der Waals surface area contributed by atoms with Crippen molar-refractivity contribution >= 4 is 17.8 Å². The Kier molecular flexibility index (Phi) is 6.34. The van der Waals surface area contributed by atoms with E-state index in [4.69, 9.17) is 14.2 Å². The molecule has 0 aliphatic carbocycles. The van der Waals surface area contributed by atoms with Gasteiger partial charge in [0.05, 0.1) is 0 Å². The number of amides is 2. The number of carbonyl (C=O) groups is 3. The van der Waals surface area contributed by atoms with Crippen LogP contribution in [0.2, 0.25) is 0 Å². The lowest BCUT2D eigenvalue weighted by molar-refractivity contribution is -0.149. The smallest absolute Gasteiger partial charge is 0.377 e. The molecule has 1 heterocycles. The van der Waals surface area contributed by atoms with Crippen LogP contribution in [0.15, 0.2) is 12.0 Å². The second-order valence-corrected chi connectivity index (χ2v) is 3.96. The molecule has 1 aliphatic heterocycles. The molecule has 1 atom stereocenters. The van der Waals surface area contributed by atoms with E-state index in [9.17, 15) is 14.4 Å². The molecule has 0 radical (unpaired) electrons. The van der Waals surface area contributed by atoms with Crippen LogP contribution in [0.25, 0.3) is 0 Å². The number of nitrogens with one attached hydrogen (secondary N) is 2. The maximum absolute atomic E-state index is 11.5. The van der Waals surface area contributed by atoms with E-state index >= 15 is 0 Å². The van der Waals surface area contributed by atoms with Crippen LogP contribution in [0, 0.1) is 0 Å². The van der Waals surface area contributed by atoms with Gasteiger partial charge in [0, 0.05) is 6.54 Å². The molecule has 0 spiro atoms. The van der Waals surface area contributed by atoms with Crippen molar-refractivity contribution in [3.63, 3.8) is 0 Å². The Bertz CT molecular complexity index is 407. The topological polar surface area (TPSA) is 103 Å². The molecule has 0 unspecified atom stereocenters. The summed E-state index contributed by atoms with van der Waals surface area (Å²) in [7, 11) is 0. The van der Waals surface area contributed by atoms with Crippen LogP contribution in [0.1, 0.15) is 13.8 Å². The molecule has 8 heteroatoms. The minimum Gasteiger partial charge on any atom is -0.493 e. The summed E-state index contributed by atoms with van der Waals surface area (Å²) in [5.41, 5.74) is 0.